The van der Waals surface area contributed by atoms with Gasteiger partial charge >= 0.3 is 6.09 Å². The Bertz CT molecular complexity index is 260. The number of hydrogen-bond acceptors (Lipinski definition) is 3. The first kappa shape index (κ1) is 15.3. The predicted molar refractivity (Wildman–Crippen MR) is 71.5 cm³/mol. The van der Waals surface area contributed by atoms with Crippen molar-refractivity contribution < 1.29 is 14.6 Å². The Morgan fingerprint density at radius 1 is 1.22 bits per heavy atom. The van der Waals surface area contributed by atoms with Gasteiger partial charge < -0.3 is 14.7 Å². The monoisotopic (exact) mass is 257 g/mol. The molecule has 0 aromatic carbocycles. The Morgan fingerprint density at radius 3 is 2.44 bits per heavy atom. The molecule has 1 amide bonds. The number of carbonyl (C=O) groups excluding carboxylic acids is 1. The normalized spacial score (nSPS) is 22.9. The Labute approximate surface area is 110 Å². The first-order chi connectivity index (χ1) is 8.44. The summed E-state index contributed by atoms with van der Waals surface area (Å²) in [5.41, 5.74) is -0.477. The highest BCUT2D eigenvalue weighted by Gasteiger charge is 2.27. The predicted octanol–water partition coefficient (Wildman–Crippen LogP) is 2.94. The van der Waals surface area contributed by atoms with E-state index >= 15 is 0 Å². The summed E-state index contributed by atoms with van der Waals surface area (Å²) in [6.07, 6.45) is 6.22. The summed E-state index contributed by atoms with van der Waals surface area (Å²) in [7, 11) is 0. The molecule has 1 saturated heterocycles. The minimum Gasteiger partial charge on any atom is -0.444 e. The maximum Gasteiger partial charge on any atom is 0.410 e. The van der Waals surface area contributed by atoms with Gasteiger partial charge in [-0.3, -0.25) is 0 Å². The van der Waals surface area contributed by atoms with E-state index in [1.165, 1.54) is 12.8 Å². The van der Waals surface area contributed by atoms with Crippen LogP contribution in [0.25, 0.3) is 0 Å². The highest BCUT2D eigenvalue weighted by atomic mass is 16.6. The minimum atomic E-state index is -0.477. The van der Waals surface area contributed by atoms with Crippen LogP contribution in [0.5, 0.6) is 0 Å². The van der Waals surface area contributed by atoms with Crippen LogP contribution in [0.2, 0.25) is 0 Å². The molecular weight excluding hydrogens is 230 g/mol. The summed E-state index contributed by atoms with van der Waals surface area (Å²) in [6.45, 7) is 6.33. The molecule has 0 bridgehead atoms. The number of aliphatic hydroxyl groups is 1. The van der Waals surface area contributed by atoms with Crippen LogP contribution in [0, 0.1) is 0 Å². The van der Waals surface area contributed by atoms with Crippen LogP contribution in [0.3, 0.4) is 0 Å². The van der Waals surface area contributed by atoms with E-state index in [2.05, 4.69) is 0 Å². The van der Waals surface area contributed by atoms with Crippen molar-refractivity contribution in [1.29, 1.82) is 0 Å². The lowest BCUT2D eigenvalue weighted by Gasteiger charge is -2.32. The molecule has 4 nitrogen and oxygen atoms in total. The first-order valence-electron chi connectivity index (χ1n) is 7.04. The number of hydrogen-bond donors (Lipinski definition) is 1. The zero-order chi connectivity index (χ0) is 13.6. The lowest BCUT2D eigenvalue weighted by Crippen LogP contribution is -2.45. The third-order valence-electron chi connectivity index (χ3n) is 3.22. The fourth-order valence-electron chi connectivity index (χ4n) is 2.28. The smallest absolute Gasteiger partial charge is 0.410 e. The third-order valence-corrected chi connectivity index (χ3v) is 3.22. The molecule has 1 atom stereocenters. The van der Waals surface area contributed by atoms with Crippen molar-refractivity contribution in [1.82, 2.24) is 4.90 Å². The molecule has 0 radical (unpaired) electrons. The molecule has 0 aromatic rings. The fraction of sp³-hybridized carbons (Fsp3) is 0.929. The van der Waals surface area contributed by atoms with E-state index in [0.717, 1.165) is 25.7 Å². The van der Waals surface area contributed by atoms with Crippen LogP contribution in [-0.2, 0) is 4.74 Å². The second kappa shape index (κ2) is 6.98. The second-order valence-electron chi connectivity index (χ2n) is 6.07. The highest BCUT2D eigenvalue weighted by molar-refractivity contribution is 5.68. The van der Waals surface area contributed by atoms with Crippen LogP contribution < -0.4 is 0 Å². The van der Waals surface area contributed by atoms with E-state index in [1.54, 1.807) is 4.90 Å². The summed E-state index contributed by atoms with van der Waals surface area (Å²) in [5.74, 6) is 0. The number of amides is 1. The molecule has 1 aliphatic rings. The van der Waals surface area contributed by atoms with Gasteiger partial charge in [-0.2, -0.15) is 0 Å². The van der Waals surface area contributed by atoms with Crippen molar-refractivity contribution >= 4 is 6.09 Å². The van der Waals surface area contributed by atoms with Crippen LogP contribution in [0.1, 0.15) is 59.3 Å². The molecule has 0 aromatic heterocycles. The molecule has 1 N–H and O–H groups in total. The van der Waals surface area contributed by atoms with Crippen molar-refractivity contribution in [2.45, 2.75) is 70.9 Å². The lowest BCUT2D eigenvalue weighted by atomic mass is 10.1. The fourth-order valence-corrected chi connectivity index (χ4v) is 2.28. The highest BCUT2D eigenvalue weighted by Crippen LogP contribution is 2.19. The van der Waals surface area contributed by atoms with Crippen molar-refractivity contribution in [2.75, 3.05) is 13.2 Å². The molecule has 1 unspecified atom stereocenters. The van der Waals surface area contributed by atoms with Crippen molar-refractivity contribution in [3.63, 3.8) is 0 Å². The van der Waals surface area contributed by atoms with Crippen molar-refractivity contribution in [2.24, 2.45) is 0 Å². The van der Waals surface area contributed by atoms with E-state index in [9.17, 15) is 9.90 Å². The summed E-state index contributed by atoms with van der Waals surface area (Å²) in [5, 5.41) is 9.47. The SMILES string of the molecule is CC(C)(C)OC(=O)N1CCCCCCCC1CO. The van der Waals surface area contributed by atoms with Crippen LogP contribution in [0.15, 0.2) is 0 Å². The van der Waals surface area contributed by atoms with Crippen molar-refractivity contribution in [3.05, 3.63) is 0 Å². The molecule has 18 heavy (non-hydrogen) atoms. The van der Waals surface area contributed by atoms with Gasteiger partial charge in [0.25, 0.3) is 0 Å². The van der Waals surface area contributed by atoms with Gasteiger partial charge in [0.2, 0.25) is 0 Å². The number of rotatable bonds is 1. The van der Waals surface area contributed by atoms with Gasteiger partial charge in [-0.1, -0.05) is 25.7 Å². The van der Waals surface area contributed by atoms with Gasteiger partial charge in [-0.15, -0.1) is 0 Å². The maximum atomic E-state index is 12.2. The molecule has 106 valence electrons. The summed E-state index contributed by atoms with van der Waals surface area (Å²) in [4.78, 5) is 13.9. The van der Waals surface area contributed by atoms with Gasteiger partial charge in [-0.25, -0.2) is 4.79 Å². The summed E-state index contributed by atoms with van der Waals surface area (Å²) < 4.78 is 5.42. The average molecular weight is 257 g/mol. The van der Waals surface area contributed by atoms with Gasteiger partial charge in [-0.05, 0) is 33.6 Å². The number of aliphatic hydroxyl groups excluding tert-OH is 1. The quantitative estimate of drug-likeness (QED) is 0.785. The van der Waals surface area contributed by atoms with Crippen LogP contribution in [0.4, 0.5) is 4.79 Å². The van der Waals surface area contributed by atoms with E-state index < -0.39 is 5.60 Å². The zero-order valence-electron chi connectivity index (χ0n) is 11.9. The van der Waals surface area contributed by atoms with Crippen molar-refractivity contribution in [3.8, 4) is 0 Å². The number of nitrogens with zero attached hydrogens (tertiary/aromatic N) is 1. The molecule has 1 heterocycles. The largest absolute Gasteiger partial charge is 0.444 e. The van der Waals surface area contributed by atoms with E-state index in [4.69, 9.17) is 4.74 Å². The summed E-state index contributed by atoms with van der Waals surface area (Å²) in [6, 6.07) is -0.0852. The van der Waals surface area contributed by atoms with Crippen LogP contribution >= 0.6 is 0 Å². The molecular formula is C14H27NO3. The molecule has 0 spiro atoms. The first-order valence-corrected chi connectivity index (χ1v) is 7.04. The lowest BCUT2D eigenvalue weighted by molar-refractivity contribution is 0.00804. The number of ether oxygens (including phenoxy) is 1. The molecule has 0 saturated carbocycles. The third kappa shape index (κ3) is 5.25. The second-order valence-corrected chi connectivity index (χ2v) is 6.07. The standard InChI is InChI=1S/C14H27NO3/c1-14(2,3)18-13(17)15-10-8-6-4-5-7-9-12(15)11-16/h12,16H,4-11H2,1-3H3. The molecule has 1 fully saturated rings. The Balaban J connectivity index is 2.67. The Hall–Kier alpha value is -0.770. The zero-order valence-corrected chi connectivity index (χ0v) is 11.9. The van der Waals surface area contributed by atoms with E-state index in [-0.39, 0.29) is 18.7 Å². The van der Waals surface area contributed by atoms with E-state index in [1.807, 2.05) is 20.8 Å². The molecule has 0 aliphatic carbocycles. The average Bonchev–Trinajstić information content (AvgIpc) is 2.37. The maximum absolute atomic E-state index is 12.2. The number of carbonyl (C=O) groups is 1. The topological polar surface area (TPSA) is 49.8 Å². The molecule has 4 heteroatoms. The Morgan fingerprint density at radius 2 is 1.83 bits per heavy atom. The van der Waals surface area contributed by atoms with Gasteiger partial charge in [0.05, 0.1) is 12.6 Å². The molecule has 1 aliphatic heterocycles. The van der Waals surface area contributed by atoms with E-state index in [0.29, 0.717) is 6.54 Å². The summed E-state index contributed by atoms with van der Waals surface area (Å²) >= 11 is 0. The minimum absolute atomic E-state index is 0.0270. The van der Waals surface area contributed by atoms with Gasteiger partial charge in [0.1, 0.15) is 5.60 Å². The van der Waals surface area contributed by atoms with Gasteiger partial charge in [0.15, 0.2) is 0 Å². The van der Waals surface area contributed by atoms with Gasteiger partial charge in [0, 0.05) is 6.54 Å². The van der Waals surface area contributed by atoms with Crippen LogP contribution in [-0.4, -0.2) is 40.9 Å². The Kier molecular flexibility index (Phi) is 5.93. The molecule has 1 rings (SSSR count).